The number of aryl methyl sites for hydroxylation is 2. The molecule has 0 unspecified atom stereocenters. The molecule has 138 heavy (non-hydrogen) atoms. The maximum Gasteiger partial charge on any atom is 0.411 e. The monoisotopic (exact) mass is 1900 g/mol. The number of hydrogen-bond donors (Lipinski definition) is 1. The van der Waals surface area contributed by atoms with E-state index in [1.807, 2.05) is 62.4 Å². The van der Waals surface area contributed by atoms with Crippen molar-refractivity contribution in [3.05, 3.63) is 460 Å². The second-order valence-electron chi connectivity index (χ2n) is 31.5. The molecule has 16 rings (SSSR count). The minimum Gasteiger partial charge on any atom is -0.497 e. The van der Waals surface area contributed by atoms with Gasteiger partial charge in [0.25, 0.3) is 10.1 Å². The van der Waals surface area contributed by atoms with Crippen molar-refractivity contribution in [2.24, 2.45) is 0 Å². The van der Waals surface area contributed by atoms with Crippen LogP contribution in [0.4, 0.5) is 52.7 Å². The van der Waals surface area contributed by atoms with E-state index in [9.17, 15) is 84.8 Å². The van der Waals surface area contributed by atoms with Crippen LogP contribution in [0.1, 0.15) is 97.1 Å². The molecular weight excluding hydrogens is 1820 g/mol. The van der Waals surface area contributed by atoms with Gasteiger partial charge in [-0.3, -0.25) is 23.7 Å². The first kappa shape index (κ1) is 96.3. The summed E-state index contributed by atoms with van der Waals surface area (Å²) in [7, 11) is -1.35. The van der Waals surface area contributed by atoms with E-state index in [2.05, 4.69) is 0 Å². The van der Waals surface area contributed by atoms with Crippen molar-refractivity contribution in [1.29, 1.82) is 0 Å². The lowest BCUT2D eigenvalue weighted by Gasteiger charge is -2.38. The second kappa shape index (κ2) is 40.1. The zero-order chi connectivity index (χ0) is 98.1. The van der Waals surface area contributed by atoms with E-state index in [1.165, 1.54) is 141 Å². The van der Waals surface area contributed by atoms with Crippen LogP contribution in [0.2, 0.25) is 0 Å². The molecule has 0 atom stereocenters. The summed E-state index contributed by atoms with van der Waals surface area (Å²) in [6.45, 7) is 3.78. The second-order valence-corrected chi connectivity index (χ2v) is 32.9. The van der Waals surface area contributed by atoms with Crippen LogP contribution in [0.15, 0.2) is 387 Å². The summed E-state index contributed by atoms with van der Waals surface area (Å²) in [5.74, 6) is 2.34. The fourth-order valence-corrected chi connectivity index (χ4v) is 15.8. The molecule has 0 saturated heterocycles. The van der Waals surface area contributed by atoms with Crippen LogP contribution < -0.4 is 37.9 Å². The van der Waals surface area contributed by atoms with Gasteiger partial charge in [-0.2, -0.15) is 61.1 Å². The number of halogens is 12. The number of carbonyl (C=O) groups excluding carboxylic acids is 4. The molecule has 0 bridgehead atoms. The largest absolute Gasteiger partial charge is 0.497 e. The van der Waals surface area contributed by atoms with Crippen LogP contribution in [0.3, 0.4) is 0 Å². The van der Waals surface area contributed by atoms with Gasteiger partial charge in [0.1, 0.15) is 80.5 Å². The normalized spacial score (nSPS) is 11.8. The quantitative estimate of drug-likeness (QED) is 0.0264. The van der Waals surface area contributed by atoms with E-state index in [-0.39, 0.29) is 85.2 Å². The van der Waals surface area contributed by atoms with Crippen LogP contribution in [-0.4, -0.2) is 75.0 Å². The van der Waals surface area contributed by atoms with Gasteiger partial charge >= 0.3 is 24.7 Å². The summed E-state index contributed by atoms with van der Waals surface area (Å²) in [5, 5.41) is 0. The maximum atomic E-state index is 15.0. The summed E-state index contributed by atoms with van der Waals surface area (Å²) in [6, 6.07) is 89.8. The highest BCUT2D eigenvalue weighted by molar-refractivity contribution is 7.85. The van der Waals surface area contributed by atoms with Crippen molar-refractivity contribution in [3.8, 4) is 103 Å². The average Bonchev–Trinajstić information content (AvgIpc) is 0.718. The van der Waals surface area contributed by atoms with E-state index in [4.69, 9.17) is 37.9 Å². The lowest BCUT2D eigenvalue weighted by Crippen LogP contribution is -2.54. The average molecular weight is 1900 g/mol. The van der Waals surface area contributed by atoms with Gasteiger partial charge in [0.2, 0.25) is 10.8 Å². The molecule has 15 nitrogen and oxygen atoms in total. The number of methoxy groups -OCH3 is 2. The van der Waals surface area contributed by atoms with Crippen molar-refractivity contribution in [3.63, 3.8) is 0 Å². The molecule has 16 aromatic carbocycles. The standard InChI is InChI=1S/C55H38F6O9S.C55H38F6O6/c1-34-3-5-36(6-4-34)51(62)37-7-19-42(20-8-37)68-44-25-15-40(16-26-44)53(54(56,57)58,55(59,60)61)41-17-27-45(28-18-41)69-43-21-9-38(10-22-43)52(63)39-11-23-46(24-12-39)70-50-32-29-47(67-2)33-49(50)35-13-30-48(31-14-35)71(64,65)66;1-35-8-10-37(11-9-35)51(62)38-12-22-43(23-13-38)65-45-28-18-41(19-29-45)53(54(56,57)58,55(59,60)61)42-20-30-46(31-21-42)66-44-24-14-39(15-25-44)52(63)40-16-26-47(27-17-40)67-50-33-32-48(64-2)34-49(50)36-6-4-3-5-7-36/h3-33H,1-2H3,(H,64,65,66);3-34H,1-2H3. The predicted molar refractivity (Wildman–Crippen MR) is 493 cm³/mol. The van der Waals surface area contributed by atoms with Crippen molar-refractivity contribution in [2.75, 3.05) is 14.2 Å². The van der Waals surface area contributed by atoms with Crippen LogP contribution in [0.5, 0.6) is 80.5 Å². The topological polar surface area (TPSA) is 196 Å². The number of carbonyl (C=O) groups is 4. The van der Waals surface area contributed by atoms with Gasteiger partial charge in [0.15, 0.2) is 23.1 Å². The number of benzene rings is 16. The van der Waals surface area contributed by atoms with Gasteiger partial charge in [0.05, 0.1) is 19.1 Å². The minimum atomic E-state index is -5.85. The van der Waals surface area contributed by atoms with Crippen molar-refractivity contribution in [2.45, 2.75) is 54.3 Å². The van der Waals surface area contributed by atoms with Gasteiger partial charge in [-0.1, -0.05) is 151 Å². The van der Waals surface area contributed by atoms with E-state index in [0.717, 1.165) is 95.1 Å². The Labute approximate surface area is 783 Å². The number of alkyl halides is 12. The summed E-state index contributed by atoms with van der Waals surface area (Å²) >= 11 is 0. The Morgan fingerprint density at radius 1 is 0.239 bits per heavy atom. The van der Waals surface area contributed by atoms with E-state index in [0.29, 0.717) is 103 Å². The highest BCUT2D eigenvalue weighted by atomic mass is 32.2. The third-order valence-corrected chi connectivity index (χ3v) is 23.4. The lowest BCUT2D eigenvalue weighted by molar-refractivity contribution is -0.290. The Hall–Kier alpha value is -16.3. The molecule has 0 fully saturated rings. The van der Waals surface area contributed by atoms with Gasteiger partial charge in [-0.05, 0) is 290 Å². The Balaban J connectivity index is 0.000000210. The fourth-order valence-electron chi connectivity index (χ4n) is 15.3. The van der Waals surface area contributed by atoms with Crippen molar-refractivity contribution in [1.82, 2.24) is 0 Å². The molecule has 0 aliphatic heterocycles. The maximum absolute atomic E-state index is 15.0. The Bertz CT molecular complexity index is 7130. The number of rotatable bonds is 29. The smallest absolute Gasteiger partial charge is 0.411 e. The number of hydrogen-bond acceptors (Lipinski definition) is 14. The SMILES string of the molecule is COc1ccc(Oc2ccc(C(=O)c3ccc(Oc4ccc(C(c5ccc(Oc6ccc(C(=O)c7ccc(C)cc7)cc6)cc5)(C(F)(F)F)C(F)(F)F)cc4)cc3)cc2)c(-c2ccc(S(=O)(=O)O)cc2)c1.COc1ccc(Oc2ccc(C(=O)c3ccc(Oc4ccc(C(c5ccc(Oc6ccc(C(=O)c7ccc(C)cc7)cc6)cc5)(C(F)(F)F)C(F)(F)F)cc4)cc3)cc2)c(-c2ccccc2)c1. The molecular formula is C110H76F12O15S. The van der Waals surface area contributed by atoms with Crippen molar-refractivity contribution < 1.29 is 123 Å². The van der Waals surface area contributed by atoms with Gasteiger partial charge in [-0.25, -0.2) is 0 Å². The van der Waals surface area contributed by atoms with Gasteiger partial charge in [0, 0.05) is 55.6 Å². The molecule has 28 heteroatoms. The first-order valence-electron chi connectivity index (χ1n) is 42.0. The molecule has 0 radical (unpaired) electrons. The van der Waals surface area contributed by atoms with E-state index >= 15 is 0 Å². The number of ketones is 4. The predicted octanol–water partition coefficient (Wildman–Crippen LogP) is 29.1. The molecule has 0 aliphatic carbocycles. The third kappa shape index (κ3) is 21.2. The lowest BCUT2D eigenvalue weighted by atomic mass is 9.73. The molecule has 0 aliphatic rings. The van der Waals surface area contributed by atoms with Gasteiger partial charge < -0.3 is 37.9 Å². The Kier molecular flexibility index (Phi) is 27.9. The molecule has 16 aromatic rings. The molecule has 0 amide bonds. The first-order valence-corrected chi connectivity index (χ1v) is 43.5. The highest BCUT2D eigenvalue weighted by Crippen LogP contribution is 2.59. The fraction of sp³-hybridized carbons (Fsp3) is 0.0909. The zero-order valence-corrected chi connectivity index (χ0v) is 73.8. The Morgan fingerprint density at radius 3 is 0.645 bits per heavy atom. The van der Waals surface area contributed by atoms with Gasteiger partial charge in [-0.15, -0.1) is 0 Å². The molecule has 0 aromatic heterocycles. The van der Waals surface area contributed by atoms with E-state index in [1.54, 1.807) is 110 Å². The minimum absolute atomic E-state index is 0.0258. The Morgan fingerprint density at radius 2 is 0.435 bits per heavy atom. The van der Waals surface area contributed by atoms with Crippen LogP contribution in [0.25, 0.3) is 22.3 Å². The molecule has 0 saturated carbocycles. The molecule has 696 valence electrons. The molecule has 0 heterocycles. The summed E-state index contributed by atoms with van der Waals surface area (Å²) in [6.07, 6.45) is -23.4. The van der Waals surface area contributed by atoms with E-state index < -0.39 is 67.9 Å². The summed E-state index contributed by atoms with van der Waals surface area (Å²) in [4.78, 5) is 52.2. The van der Waals surface area contributed by atoms with Crippen molar-refractivity contribution >= 4 is 33.3 Å². The molecule has 1 N–H and O–H groups in total. The first-order chi connectivity index (χ1) is 65.8. The van der Waals surface area contributed by atoms with Crippen LogP contribution in [-0.2, 0) is 20.9 Å². The summed E-state index contributed by atoms with van der Waals surface area (Å²) in [5.41, 5.74) is -5.55. The van der Waals surface area contributed by atoms with Crippen LogP contribution in [0, 0.1) is 13.8 Å². The van der Waals surface area contributed by atoms with Crippen LogP contribution >= 0.6 is 0 Å². The highest BCUT2D eigenvalue weighted by Gasteiger charge is 2.74. The molecule has 0 spiro atoms. The zero-order valence-electron chi connectivity index (χ0n) is 73.0. The summed E-state index contributed by atoms with van der Waals surface area (Å²) < 4.78 is 258. The third-order valence-electron chi connectivity index (χ3n) is 22.5. The number of ether oxygens (including phenoxy) is 8.